The molecule has 0 aliphatic heterocycles. The molecule has 1 N–H and O–H groups in total. The second kappa shape index (κ2) is 8.97. The van der Waals surface area contributed by atoms with Crippen LogP contribution in [0, 0.1) is 12.7 Å². The molecule has 0 bridgehead atoms. The van der Waals surface area contributed by atoms with Crippen LogP contribution in [-0.2, 0) is 13.3 Å². The Balaban J connectivity index is 1.33. The molecule has 10 heteroatoms. The zero-order chi connectivity index (χ0) is 21.8. The number of benzene rings is 2. The summed E-state index contributed by atoms with van der Waals surface area (Å²) in [5.74, 6) is -0.403. The number of amides is 1. The van der Waals surface area contributed by atoms with E-state index < -0.39 is 11.7 Å². The number of nitrogens with zero attached hydrogens (tertiary/aromatic N) is 5. The molecule has 0 fully saturated rings. The van der Waals surface area contributed by atoms with E-state index in [-0.39, 0.29) is 23.4 Å². The maximum Gasteiger partial charge on any atom is 0.278 e. The topological polar surface area (TPSA) is 86.9 Å². The van der Waals surface area contributed by atoms with Gasteiger partial charge >= 0.3 is 0 Å². The van der Waals surface area contributed by atoms with Crippen molar-refractivity contribution in [1.82, 2.24) is 24.5 Å². The number of carbonyl (C=O) groups is 1. The fraction of sp³-hybridized carbons (Fsp3) is 0.143. The SMILES string of the molecule is Cc1cccc(Cn2cnc(NC(=O)c3ccn(COc4ccc(F)c(Cl)c4)n3)n2)c1. The van der Waals surface area contributed by atoms with Crippen molar-refractivity contribution in [2.45, 2.75) is 20.2 Å². The lowest BCUT2D eigenvalue weighted by molar-refractivity contribution is 0.101. The molecule has 0 radical (unpaired) electrons. The fourth-order valence-electron chi connectivity index (χ4n) is 2.85. The van der Waals surface area contributed by atoms with Crippen LogP contribution in [0.25, 0.3) is 0 Å². The van der Waals surface area contributed by atoms with Crippen LogP contribution in [0.4, 0.5) is 10.3 Å². The number of rotatable bonds is 7. The zero-order valence-electron chi connectivity index (χ0n) is 16.5. The molecule has 0 aliphatic rings. The van der Waals surface area contributed by atoms with Gasteiger partial charge in [-0.2, -0.15) is 5.10 Å². The van der Waals surface area contributed by atoms with Gasteiger partial charge < -0.3 is 4.74 Å². The molecule has 0 atom stereocenters. The highest BCUT2D eigenvalue weighted by Crippen LogP contribution is 2.21. The molecule has 0 saturated carbocycles. The Morgan fingerprint density at radius 3 is 2.84 bits per heavy atom. The summed E-state index contributed by atoms with van der Waals surface area (Å²) in [4.78, 5) is 16.5. The third-order valence-corrected chi connectivity index (χ3v) is 4.61. The number of ether oxygens (including phenoxy) is 1. The Hall–Kier alpha value is -3.72. The van der Waals surface area contributed by atoms with E-state index >= 15 is 0 Å². The van der Waals surface area contributed by atoms with Crippen LogP contribution in [0.2, 0.25) is 5.02 Å². The Morgan fingerprint density at radius 1 is 1.16 bits per heavy atom. The number of nitrogens with one attached hydrogen (secondary N) is 1. The van der Waals surface area contributed by atoms with Gasteiger partial charge in [0.1, 0.15) is 17.9 Å². The molecule has 0 spiro atoms. The number of hydrogen-bond acceptors (Lipinski definition) is 5. The molecule has 0 aliphatic carbocycles. The van der Waals surface area contributed by atoms with E-state index in [1.54, 1.807) is 23.3 Å². The molecule has 2 heterocycles. The quantitative estimate of drug-likeness (QED) is 0.470. The average molecular weight is 441 g/mol. The molecular formula is C21H18ClFN6O2. The van der Waals surface area contributed by atoms with Crippen LogP contribution >= 0.6 is 11.6 Å². The number of anilines is 1. The van der Waals surface area contributed by atoms with Crippen molar-refractivity contribution in [1.29, 1.82) is 0 Å². The maximum atomic E-state index is 13.2. The molecule has 0 unspecified atom stereocenters. The first-order valence-corrected chi connectivity index (χ1v) is 9.72. The summed E-state index contributed by atoms with van der Waals surface area (Å²) in [6.07, 6.45) is 3.14. The van der Waals surface area contributed by atoms with E-state index in [1.165, 1.54) is 22.9 Å². The minimum absolute atomic E-state index is 0.0264. The van der Waals surface area contributed by atoms with Gasteiger partial charge in [-0.15, -0.1) is 5.10 Å². The number of aromatic nitrogens is 5. The molecule has 1 amide bonds. The third-order valence-electron chi connectivity index (χ3n) is 4.32. The Bertz CT molecular complexity index is 1220. The lowest BCUT2D eigenvalue weighted by atomic mass is 10.1. The molecule has 31 heavy (non-hydrogen) atoms. The van der Waals surface area contributed by atoms with E-state index in [1.807, 2.05) is 25.1 Å². The van der Waals surface area contributed by atoms with E-state index in [9.17, 15) is 9.18 Å². The summed E-state index contributed by atoms with van der Waals surface area (Å²) in [6, 6.07) is 13.6. The second-order valence-electron chi connectivity index (χ2n) is 6.80. The first kappa shape index (κ1) is 20.5. The summed E-state index contributed by atoms with van der Waals surface area (Å²) in [5, 5.41) is 11.0. The van der Waals surface area contributed by atoms with Gasteiger partial charge in [0.05, 0.1) is 11.6 Å². The Morgan fingerprint density at radius 2 is 2.03 bits per heavy atom. The van der Waals surface area contributed by atoms with Crippen LogP contribution in [0.5, 0.6) is 5.75 Å². The third kappa shape index (κ3) is 5.26. The maximum absolute atomic E-state index is 13.2. The van der Waals surface area contributed by atoms with Gasteiger partial charge in [-0.3, -0.25) is 10.1 Å². The molecule has 4 rings (SSSR count). The monoisotopic (exact) mass is 440 g/mol. The summed E-state index contributed by atoms with van der Waals surface area (Å²) in [7, 11) is 0. The standard InChI is InChI=1S/C21H18ClFN6O2/c1-14-3-2-4-15(9-14)11-29-12-24-21(27-29)25-20(30)19-7-8-28(26-19)13-31-16-5-6-18(23)17(22)10-16/h2-10,12H,11,13H2,1H3,(H,25,27,30). The van der Waals surface area contributed by atoms with Crippen molar-refractivity contribution in [3.8, 4) is 5.75 Å². The van der Waals surface area contributed by atoms with E-state index in [0.29, 0.717) is 12.3 Å². The highest BCUT2D eigenvalue weighted by Gasteiger charge is 2.13. The molecule has 0 saturated heterocycles. The molecule has 2 aromatic carbocycles. The van der Waals surface area contributed by atoms with E-state index in [0.717, 1.165) is 11.1 Å². The first-order valence-electron chi connectivity index (χ1n) is 9.34. The Labute approximate surface area is 182 Å². The zero-order valence-corrected chi connectivity index (χ0v) is 17.3. The van der Waals surface area contributed by atoms with Gasteiger partial charge in [-0.05, 0) is 30.7 Å². The largest absolute Gasteiger partial charge is 0.471 e. The molecule has 4 aromatic rings. The highest BCUT2D eigenvalue weighted by molar-refractivity contribution is 6.30. The Kier molecular flexibility index (Phi) is 5.94. The van der Waals surface area contributed by atoms with Crippen LogP contribution in [0.15, 0.2) is 61.1 Å². The lowest BCUT2D eigenvalue weighted by Crippen LogP contribution is -2.15. The summed E-state index contributed by atoms with van der Waals surface area (Å²) in [6.45, 7) is 2.60. The first-order chi connectivity index (χ1) is 15.0. The molecule has 158 valence electrons. The van der Waals surface area contributed by atoms with E-state index in [2.05, 4.69) is 26.6 Å². The highest BCUT2D eigenvalue weighted by atomic mass is 35.5. The number of halogens is 2. The van der Waals surface area contributed by atoms with Crippen molar-refractivity contribution >= 4 is 23.5 Å². The molecule has 2 aromatic heterocycles. The van der Waals surface area contributed by atoms with Crippen molar-refractivity contribution in [2.24, 2.45) is 0 Å². The van der Waals surface area contributed by atoms with Crippen LogP contribution < -0.4 is 10.1 Å². The summed E-state index contributed by atoms with van der Waals surface area (Å²) >= 11 is 5.73. The van der Waals surface area contributed by atoms with Crippen molar-refractivity contribution in [3.05, 3.63) is 88.7 Å². The smallest absolute Gasteiger partial charge is 0.278 e. The molecule has 8 nitrogen and oxygen atoms in total. The van der Waals surface area contributed by atoms with Gasteiger partial charge in [0.2, 0.25) is 5.95 Å². The lowest BCUT2D eigenvalue weighted by Gasteiger charge is -2.06. The van der Waals surface area contributed by atoms with Crippen LogP contribution in [0.1, 0.15) is 21.6 Å². The normalized spacial score (nSPS) is 10.8. The van der Waals surface area contributed by atoms with Gasteiger partial charge in [0, 0.05) is 12.3 Å². The number of aryl methyl sites for hydroxylation is 1. The summed E-state index contributed by atoms with van der Waals surface area (Å²) in [5.41, 5.74) is 2.42. The van der Waals surface area contributed by atoms with Crippen LogP contribution in [0.3, 0.4) is 0 Å². The van der Waals surface area contributed by atoms with Gasteiger partial charge in [0.25, 0.3) is 5.91 Å². The second-order valence-corrected chi connectivity index (χ2v) is 7.21. The van der Waals surface area contributed by atoms with Crippen molar-refractivity contribution < 1.29 is 13.9 Å². The van der Waals surface area contributed by atoms with Gasteiger partial charge in [0.15, 0.2) is 12.4 Å². The number of carbonyl (C=O) groups excluding carboxylic acids is 1. The predicted octanol–water partition coefficient (Wildman–Crippen LogP) is 3.91. The summed E-state index contributed by atoms with van der Waals surface area (Å²) < 4.78 is 21.8. The average Bonchev–Trinajstić information content (AvgIpc) is 3.38. The minimum atomic E-state index is -0.526. The van der Waals surface area contributed by atoms with E-state index in [4.69, 9.17) is 16.3 Å². The van der Waals surface area contributed by atoms with Gasteiger partial charge in [-0.25, -0.2) is 18.7 Å². The number of hydrogen-bond donors (Lipinski definition) is 1. The van der Waals surface area contributed by atoms with Gasteiger partial charge in [-0.1, -0.05) is 41.4 Å². The van der Waals surface area contributed by atoms with Crippen molar-refractivity contribution in [3.63, 3.8) is 0 Å². The minimum Gasteiger partial charge on any atom is -0.471 e. The molecular weight excluding hydrogens is 423 g/mol. The predicted molar refractivity (Wildman–Crippen MR) is 113 cm³/mol. The van der Waals surface area contributed by atoms with Crippen LogP contribution in [-0.4, -0.2) is 30.5 Å². The fourth-order valence-corrected chi connectivity index (χ4v) is 3.02. The van der Waals surface area contributed by atoms with Crippen molar-refractivity contribution in [2.75, 3.05) is 5.32 Å².